The quantitative estimate of drug-likeness (QED) is 0.760. The van der Waals surface area contributed by atoms with Crippen LogP contribution in [0.1, 0.15) is 10.4 Å². The summed E-state index contributed by atoms with van der Waals surface area (Å²) in [5.74, 6) is -0.412. The molecule has 3 nitrogen and oxygen atoms in total. The minimum Gasteiger partial charge on any atom is -0.295 e. The van der Waals surface area contributed by atoms with Crippen LogP contribution in [0.5, 0.6) is 0 Å². The van der Waals surface area contributed by atoms with E-state index in [1.54, 1.807) is 18.2 Å². The Kier molecular flexibility index (Phi) is 5.00. The molecule has 0 spiro atoms. The van der Waals surface area contributed by atoms with Gasteiger partial charge in [-0.25, -0.2) is 0 Å². The molecular formula is C13H8Cl4N2O. The van der Waals surface area contributed by atoms with E-state index in [1.165, 1.54) is 18.2 Å². The topological polar surface area (TPSA) is 41.1 Å². The zero-order valence-electron chi connectivity index (χ0n) is 9.88. The van der Waals surface area contributed by atoms with Crippen LogP contribution in [-0.2, 0) is 0 Å². The Morgan fingerprint density at radius 2 is 1.45 bits per heavy atom. The van der Waals surface area contributed by atoms with Gasteiger partial charge in [-0.2, -0.15) is 0 Å². The summed E-state index contributed by atoms with van der Waals surface area (Å²) in [6.07, 6.45) is 0. The predicted molar refractivity (Wildman–Crippen MR) is 84.0 cm³/mol. The summed E-state index contributed by atoms with van der Waals surface area (Å²) in [7, 11) is 0. The molecule has 0 radical (unpaired) electrons. The minimum absolute atomic E-state index is 0.318. The van der Waals surface area contributed by atoms with Crippen molar-refractivity contribution < 1.29 is 4.79 Å². The molecule has 1 amide bonds. The lowest BCUT2D eigenvalue weighted by atomic mass is 10.2. The van der Waals surface area contributed by atoms with E-state index >= 15 is 0 Å². The number of halogens is 4. The lowest BCUT2D eigenvalue weighted by Crippen LogP contribution is -2.29. The van der Waals surface area contributed by atoms with E-state index < -0.39 is 5.91 Å². The van der Waals surface area contributed by atoms with E-state index in [-0.39, 0.29) is 0 Å². The molecule has 0 bridgehead atoms. The van der Waals surface area contributed by atoms with Crippen molar-refractivity contribution in [2.45, 2.75) is 0 Å². The molecule has 2 aromatic rings. The van der Waals surface area contributed by atoms with Crippen LogP contribution in [0, 0.1) is 0 Å². The number of carbonyl (C=O) groups is 1. The molecule has 0 aliphatic rings. The number of nitrogens with one attached hydrogen (secondary N) is 2. The van der Waals surface area contributed by atoms with Crippen LogP contribution in [0.2, 0.25) is 20.1 Å². The smallest absolute Gasteiger partial charge is 0.269 e. The van der Waals surface area contributed by atoms with Gasteiger partial charge in [0.05, 0.1) is 15.7 Å². The van der Waals surface area contributed by atoms with Gasteiger partial charge < -0.3 is 0 Å². The Morgan fingerprint density at radius 3 is 2.00 bits per heavy atom. The Balaban J connectivity index is 2.13. The van der Waals surface area contributed by atoms with Crippen LogP contribution < -0.4 is 10.9 Å². The van der Waals surface area contributed by atoms with Crippen LogP contribution in [0.4, 0.5) is 5.69 Å². The van der Waals surface area contributed by atoms with Gasteiger partial charge in [0.2, 0.25) is 0 Å². The summed E-state index contributed by atoms with van der Waals surface area (Å²) in [4.78, 5) is 12.0. The zero-order valence-corrected chi connectivity index (χ0v) is 12.9. The van der Waals surface area contributed by atoms with Crippen molar-refractivity contribution in [1.82, 2.24) is 5.43 Å². The molecule has 7 heteroatoms. The molecule has 2 aromatic carbocycles. The third kappa shape index (κ3) is 3.70. The maximum Gasteiger partial charge on any atom is 0.269 e. The summed E-state index contributed by atoms with van der Waals surface area (Å²) < 4.78 is 0. The first kappa shape index (κ1) is 15.3. The van der Waals surface area contributed by atoms with Crippen LogP contribution in [0.15, 0.2) is 36.4 Å². The van der Waals surface area contributed by atoms with E-state index in [4.69, 9.17) is 46.4 Å². The minimum atomic E-state index is -0.412. The highest BCUT2D eigenvalue weighted by atomic mass is 35.5. The average molecular weight is 350 g/mol. The summed E-state index contributed by atoms with van der Waals surface area (Å²) in [5, 5.41) is 1.53. The van der Waals surface area contributed by atoms with Gasteiger partial charge in [0.25, 0.3) is 5.91 Å². The van der Waals surface area contributed by atoms with E-state index in [0.717, 1.165) is 0 Å². The van der Waals surface area contributed by atoms with Gasteiger partial charge in [-0.05, 0) is 30.3 Å². The van der Waals surface area contributed by atoms with E-state index in [1.807, 2.05) is 0 Å². The lowest BCUT2D eigenvalue weighted by Gasteiger charge is -2.11. The highest BCUT2D eigenvalue weighted by Crippen LogP contribution is 2.29. The highest BCUT2D eigenvalue weighted by Gasteiger charge is 2.10. The van der Waals surface area contributed by atoms with E-state index in [9.17, 15) is 4.79 Å². The van der Waals surface area contributed by atoms with Crippen molar-refractivity contribution in [2.75, 3.05) is 5.43 Å². The fourth-order valence-corrected chi connectivity index (χ4v) is 2.51. The third-order valence-corrected chi connectivity index (χ3v) is 3.45. The number of hydrazine groups is 1. The molecule has 0 unspecified atom stereocenters. The Morgan fingerprint density at radius 1 is 0.900 bits per heavy atom. The molecule has 104 valence electrons. The molecule has 2 rings (SSSR count). The van der Waals surface area contributed by atoms with Gasteiger partial charge >= 0.3 is 0 Å². The molecule has 0 saturated heterocycles. The van der Waals surface area contributed by atoms with Crippen molar-refractivity contribution >= 4 is 58.0 Å². The number of anilines is 1. The van der Waals surface area contributed by atoms with Gasteiger partial charge in [-0.1, -0.05) is 52.5 Å². The Bertz CT molecular complexity index is 620. The largest absolute Gasteiger partial charge is 0.295 e. The van der Waals surface area contributed by atoms with Gasteiger partial charge in [0.15, 0.2) is 0 Å². The number of amides is 1. The molecule has 0 aliphatic carbocycles. The molecule has 0 aromatic heterocycles. The van der Waals surface area contributed by atoms with Crippen molar-refractivity contribution in [2.24, 2.45) is 0 Å². The molecule has 20 heavy (non-hydrogen) atoms. The number of benzene rings is 2. The summed E-state index contributed by atoms with van der Waals surface area (Å²) in [5.41, 5.74) is 5.88. The summed E-state index contributed by atoms with van der Waals surface area (Å²) >= 11 is 23.6. The van der Waals surface area contributed by atoms with Crippen LogP contribution in [0.25, 0.3) is 0 Å². The van der Waals surface area contributed by atoms with Crippen LogP contribution >= 0.6 is 46.4 Å². The number of hydrogen-bond acceptors (Lipinski definition) is 2. The molecule has 0 atom stereocenters. The first-order valence-electron chi connectivity index (χ1n) is 5.44. The maximum atomic E-state index is 12.0. The maximum absolute atomic E-state index is 12.0. The Hall–Kier alpha value is -1.13. The average Bonchev–Trinajstić information content (AvgIpc) is 2.36. The standard InChI is InChI=1S/C13H8Cl4N2O/c14-8-4-7(5-9(15)6-8)13(20)19-18-12-10(16)2-1-3-11(12)17/h1-6,18H,(H,19,20). The van der Waals surface area contributed by atoms with E-state index in [2.05, 4.69) is 10.9 Å². The fraction of sp³-hybridized carbons (Fsp3) is 0. The fourth-order valence-electron chi connectivity index (χ4n) is 1.49. The molecule has 0 aliphatic heterocycles. The second kappa shape index (κ2) is 6.55. The first-order valence-corrected chi connectivity index (χ1v) is 6.95. The van der Waals surface area contributed by atoms with E-state index in [0.29, 0.717) is 31.3 Å². The zero-order chi connectivity index (χ0) is 14.7. The van der Waals surface area contributed by atoms with Gasteiger partial charge in [0, 0.05) is 15.6 Å². The molecular weight excluding hydrogens is 342 g/mol. The lowest BCUT2D eigenvalue weighted by molar-refractivity contribution is 0.0962. The number of hydrogen-bond donors (Lipinski definition) is 2. The number of para-hydroxylation sites is 1. The first-order chi connectivity index (χ1) is 9.47. The predicted octanol–water partition coefficient (Wildman–Crippen LogP) is 5.06. The SMILES string of the molecule is O=C(NNc1c(Cl)cccc1Cl)c1cc(Cl)cc(Cl)c1. The normalized spacial score (nSPS) is 10.2. The Labute approximate surface area is 135 Å². The molecule has 2 N–H and O–H groups in total. The van der Waals surface area contributed by atoms with Gasteiger partial charge in [0.1, 0.15) is 0 Å². The highest BCUT2D eigenvalue weighted by molar-refractivity contribution is 6.39. The van der Waals surface area contributed by atoms with Crippen molar-refractivity contribution in [3.8, 4) is 0 Å². The summed E-state index contributed by atoms with van der Waals surface area (Å²) in [6.45, 7) is 0. The van der Waals surface area contributed by atoms with Crippen molar-refractivity contribution in [1.29, 1.82) is 0 Å². The van der Waals surface area contributed by atoms with Crippen LogP contribution in [0.3, 0.4) is 0 Å². The molecule has 0 heterocycles. The summed E-state index contributed by atoms with van der Waals surface area (Å²) in [6, 6.07) is 9.54. The molecule has 0 fully saturated rings. The second-order valence-electron chi connectivity index (χ2n) is 3.83. The third-order valence-electron chi connectivity index (χ3n) is 2.39. The number of carbonyl (C=O) groups excluding carboxylic acids is 1. The molecule has 0 saturated carbocycles. The van der Waals surface area contributed by atoms with Crippen molar-refractivity contribution in [3.05, 3.63) is 62.1 Å². The van der Waals surface area contributed by atoms with Gasteiger partial charge in [-0.3, -0.25) is 15.6 Å². The second-order valence-corrected chi connectivity index (χ2v) is 5.52. The number of rotatable bonds is 3. The monoisotopic (exact) mass is 348 g/mol. The van der Waals surface area contributed by atoms with Gasteiger partial charge in [-0.15, -0.1) is 0 Å². The van der Waals surface area contributed by atoms with Crippen molar-refractivity contribution in [3.63, 3.8) is 0 Å². The van der Waals surface area contributed by atoms with Crippen LogP contribution in [-0.4, -0.2) is 5.91 Å².